The first-order valence-corrected chi connectivity index (χ1v) is 4.89. The van der Waals surface area contributed by atoms with E-state index < -0.39 is 0 Å². The molecule has 0 amide bonds. The van der Waals surface area contributed by atoms with Crippen molar-refractivity contribution >= 4 is 5.97 Å². The van der Waals surface area contributed by atoms with Crippen LogP contribution in [0.5, 0.6) is 0 Å². The number of hydrogen-bond donors (Lipinski definition) is 0. The molecular weight excluding hydrogens is 192 g/mol. The maximum atomic E-state index is 11.6. The summed E-state index contributed by atoms with van der Waals surface area (Å²) < 4.78 is 9.85. The van der Waals surface area contributed by atoms with Crippen molar-refractivity contribution in [2.75, 3.05) is 20.3 Å². The summed E-state index contributed by atoms with van der Waals surface area (Å²) in [5.74, 6) is -0.284. The highest BCUT2D eigenvalue weighted by molar-refractivity contribution is 5.91. The summed E-state index contributed by atoms with van der Waals surface area (Å²) in [6, 6.07) is 5.61. The fourth-order valence-electron chi connectivity index (χ4n) is 1.27. The Kier molecular flexibility index (Phi) is 4.31. The number of rotatable bonds is 4. The summed E-state index contributed by atoms with van der Waals surface area (Å²) in [7, 11) is 1.58. The van der Waals surface area contributed by atoms with E-state index in [-0.39, 0.29) is 5.97 Å². The van der Waals surface area contributed by atoms with Crippen molar-refractivity contribution in [3.8, 4) is 0 Å². The van der Waals surface area contributed by atoms with Gasteiger partial charge < -0.3 is 9.47 Å². The molecule has 0 atom stereocenters. The van der Waals surface area contributed by atoms with Crippen LogP contribution in [0.15, 0.2) is 18.2 Å². The number of hydrogen-bond acceptors (Lipinski definition) is 3. The molecule has 0 aliphatic heterocycles. The Morgan fingerprint density at radius 2 is 2.00 bits per heavy atom. The van der Waals surface area contributed by atoms with Crippen LogP contribution in [-0.4, -0.2) is 26.3 Å². The lowest BCUT2D eigenvalue weighted by molar-refractivity contribution is 0.0387. The van der Waals surface area contributed by atoms with Crippen molar-refractivity contribution in [2.24, 2.45) is 0 Å². The van der Waals surface area contributed by atoms with Crippen molar-refractivity contribution < 1.29 is 14.3 Å². The van der Waals surface area contributed by atoms with Crippen LogP contribution in [0.4, 0.5) is 0 Å². The zero-order valence-electron chi connectivity index (χ0n) is 9.37. The van der Waals surface area contributed by atoms with Gasteiger partial charge in [-0.3, -0.25) is 0 Å². The van der Waals surface area contributed by atoms with Gasteiger partial charge in [0.15, 0.2) is 0 Å². The summed E-state index contributed by atoms with van der Waals surface area (Å²) in [6.45, 7) is 4.61. The quantitative estimate of drug-likeness (QED) is 0.561. The van der Waals surface area contributed by atoms with Crippen LogP contribution >= 0.6 is 0 Å². The molecule has 0 fully saturated rings. The first kappa shape index (κ1) is 11.7. The van der Waals surface area contributed by atoms with Crippen LogP contribution in [0.3, 0.4) is 0 Å². The van der Waals surface area contributed by atoms with E-state index in [2.05, 4.69) is 0 Å². The number of carbonyl (C=O) groups excluding carboxylic acids is 1. The molecule has 0 aliphatic carbocycles. The number of ether oxygens (including phenoxy) is 2. The minimum absolute atomic E-state index is 0.284. The molecule has 0 heterocycles. The third-order valence-corrected chi connectivity index (χ3v) is 2.35. The van der Waals surface area contributed by atoms with Crippen molar-refractivity contribution in [1.82, 2.24) is 0 Å². The molecule has 3 nitrogen and oxygen atoms in total. The Labute approximate surface area is 90.0 Å². The Morgan fingerprint density at radius 1 is 1.27 bits per heavy atom. The molecule has 0 bridgehead atoms. The zero-order chi connectivity index (χ0) is 11.3. The molecule has 1 aromatic rings. The number of benzene rings is 1. The summed E-state index contributed by atoms with van der Waals surface area (Å²) in [4.78, 5) is 11.6. The fourth-order valence-corrected chi connectivity index (χ4v) is 1.27. The number of esters is 1. The maximum absolute atomic E-state index is 11.6. The molecule has 0 aromatic heterocycles. The molecule has 0 saturated heterocycles. The molecule has 0 saturated carbocycles. The van der Waals surface area contributed by atoms with Gasteiger partial charge in [-0.2, -0.15) is 0 Å². The maximum Gasteiger partial charge on any atom is 0.338 e. The molecule has 82 valence electrons. The van der Waals surface area contributed by atoms with E-state index in [1.807, 2.05) is 26.0 Å². The first-order valence-electron chi connectivity index (χ1n) is 4.89. The van der Waals surface area contributed by atoms with Gasteiger partial charge in [-0.15, -0.1) is 0 Å². The second-order valence-corrected chi connectivity index (χ2v) is 3.38. The van der Waals surface area contributed by atoms with Gasteiger partial charge >= 0.3 is 5.97 Å². The number of methoxy groups -OCH3 is 1. The Morgan fingerprint density at radius 3 is 2.67 bits per heavy atom. The van der Waals surface area contributed by atoms with E-state index in [0.717, 1.165) is 11.1 Å². The van der Waals surface area contributed by atoms with Crippen LogP contribution in [-0.2, 0) is 9.47 Å². The van der Waals surface area contributed by atoms with Gasteiger partial charge in [0.1, 0.15) is 6.61 Å². The molecule has 15 heavy (non-hydrogen) atoms. The van der Waals surface area contributed by atoms with Crippen LogP contribution in [0.1, 0.15) is 21.5 Å². The van der Waals surface area contributed by atoms with Crippen molar-refractivity contribution in [3.63, 3.8) is 0 Å². The van der Waals surface area contributed by atoms with E-state index >= 15 is 0 Å². The van der Waals surface area contributed by atoms with Crippen molar-refractivity contribution in [3.05, 3.63) is 34.9 Å². The summed E-state index contributed by atoms with van der Waals surface area (Å²) in [6.07, 6.45) is 0. The summed E-state index contributed by atoms with van der Waals surface area (Å²) in [5, 5.41) is 0. The highest BCUT2D eigenvalue weighted by Crippen LogP contribution is 2.13. The molecule has 1 rings (SSSR count). The predicted octanol–water partition coefficient (Wildman–Crippen LogP) is 2.11. The van der Waals surface area contributed by atoms with Crippen LogP contribution < -0.4 is 0 Å². The van der Waals surface area contributed by atoms with Crippen molar-refractivity contribution in [1.29, 1.82) is 0 Å². The lowest BCUT2D eigenvalue weighted by Gasteiger charge is -2.08. The highest BCUT2D eigenvalue weighted by Gasteiger charge is 2.10. The van der Waals surface area contributed by atoms with Gasteiger partial charge in [0, 0.05) is 7.11 Å². The largest absolute Gasteiger partial charge is 0.460 e. The molecule has 1 aromatic carbocycles. The third kappa shape index (κ3) is 3.06. The van der Waals surface area contributed by atoms with E-state index in [1.165, 1.54) is 0 Å². The van der Waals surface area contributed by atoms with Gasteiger partial charge in [0.2, 0.25) is 0 Å². The summed E-state index contributed by atoms with van der Waals surface area (Å²) in [5.41, 5.74) is 2.70. The molecule has 0 spiro atoms. The van der Waals surface area contributed by atoms with Gasteiger partial charge in [0.25, 0.3) is 0 Å². The first-order chi connectivity index (χ1) is 7.16. The smallest absolute Gasteiger partial charge is 0.338 e. The third-order valence-electron chi connectivity index (χ3n) is 2.35. The fraction of sp³-hybridized carbons (Fsp3) is 0.417. The minimum Gasteiger partial charge on any atom is -0.460 e. The average molecular weight is 208 g/mol. The Hall–Kier alpha value is -1.35. The van der Waals surface area contributed by atoms with Gasteiger partial charge in [-0.25, -0.2) is 4.79 Å². The van der Waals surface area contributed by atoms with E-state index in [9.17, 15) is 4.79 Å². The second kappa shape index (κ2) is 5.51. The van der Waals surface area contributed by atoms with E-state index in [4.69, 9.17) is 9.47 Å². The van der Waals surface area contributed by atoms with E-state index in [1.54, 1.807) is 13.2 Å². The van der Waals surface area contributed by atoms with Crippen LogP contribution in [0.2, 0.25) is 0 Å². The summed E-state index contributed by atoms with van der Waals surface area (Å²) >= 11 is 0. The highest BCUT2D eigenvalue weighted by atomic mass is 16.6. The second-order valence-electron chi connectivity index (χ2n) is 3.38. The predicted molar refractivity (Wildman–Crippen MR) is 58.1 cm³/mol. The number of carbonyl (C=O) groups is 1. The normalized spacial score (nSPS) is 10.1. The SMILES string of the molecule is COCCOC(=O)c1cccc(C)c1C. The van der Waals surface area contributed by atoms with Crippen LogP contribution in [0, 0.1) is 13.8 Å². The molecule has 0 aliphatic rings. The van der Waals surface area contributed by atoms with Crippen LogP contribution in [0.25, 0.3) is 0 Å². The zero-order valence-corrected chi connectivity index (χ0v) is 9.37. The molecule has 0 radical (unpaired) electrons. The van der Waals surface area contributed by atoms with Crippen molar-refractivity contribution in [2.45, 2.75) is 13.8 Å². The van der Waals surface area contributed by atoms with Gasteiger partial charge in [-0.05, 0) is 31.0 Å². The van der Waals surface area contributed by atoms with Gasteiger partial charge in [0.05, 0.1) is 12.2 Å². The Balaban J connectivity index is 2.69. The lowest BCUT2D eigenvalue weighted by Crippen LogP contribution is -2.11. The standard InChI is InChI=1S/C12H16O3/c1-9-5-4-6-11(10(9)2)12(13)15-8-7-14-3/h4-6H,7-8H2,1-3H3. The Bertz CT molecular complexity index is 345. The molecule has 0 N–H and O–H groups in total. The number of aryl methyl sites for hydroxylation is 1. The minimum atomic E-state index is -0.284. The lowest BCUT2D eigenvalue weighted by atomic mass is 10.0. The average Bonchev–Trinajstić information content (AvgIpc) is 2.22. The van der Waals surface area contributed by atoms with E-state index in [0.29, 0.717) is 18.8 Å². The molecule has 0 unspecified atom stereocenters. The monoisotopic (exact) mass is 208 g/mol. The van der Waals surface area contributed by atoms with Gasteiger partial charge in [-0.1, -0.05) is 12.1 Å². The topological polar surface area (TPSA) is 35.5 Å². The molecule has 3 heteroatoms. The molecular formula is C12H16O3.